The van der Waals surface area contributed by atoms with Crippen molar-refractivity contribution in [1.29, 1.82) is 0 Å². The minimum Gasteiger partial charge on any atom is -0.345 e. The predicted octanol–water partition coefficient (Wildman–Crippen LogP) is 2.09. The van der Waals surface area contributed by atoms with E-state index in [0.717, 1.165) is 48.5 Å². The van der Waals surface area contributed by atoms with Gasteiger partial charge in [0.1, 0.15) is 12.1 Å². The highest BCUT2D eigenvalue weighted by atomic mass is 19.2. The van der Waals surface area contributed by atoms with E-state index in [1.807, 2.05) is 4.90 Å². The van der Waals surface area contributed by atoms with Gasteiger partial charge in [0, 0.05) is 30.9 Å². The van der Waals surface area contributed by atoms with Crippen molar-refractivity contribution < 1.29 is 13.6 Å². The molecule has 25 heavy (non-hydrogen) atoms. The molecule has 1 aliphatic carbocycles. The van der Waals surface area contributed by atoms with Crippen LogP contribution in [0.2, 0.25) is 0 Å². The van der Waals surface area contributed by atoms with Crippen LogP contribution in [0.4, 0.5) is 14.6 Å². The average Bonchev–Trinajstić information content (AvgIpc) is 3.08. The van der Waals surface area contributed by atoms with Crippen LogP contribution in [0.3, 0.4) is 0 Å². The minimum atomic E-state index is -0.889. The van der Waals surface area contributed by atoms with Crippen LogP contribution < -0.4 is 4.90 Å². The number of anilines is 1. The van der Waals surface area contributed by atoms with Crippen LogP contribution >= 0.6 is 0 Å². The maximum absolute atomic E-state index is 13.3. The second-order valence-electron chi connectivity index (χ2n) is 6.46. The Bertz CT molecular complexity index is 827. The largest absolute Gasteiger partial charge is 0.345 e. The fraction of sp³-hybridized carbons (Fsp3) is 0.389. The number of halogens is 2. The third-order valence-electron chi connectivity index (χ3n) is 4.83. The lowest BCUT2D eigenvalue weighted by Crippen LogP contribution is -2.50. The minimum absolute atomic E-state index is 0.0404. The Hall–Kier alpha value is -2.57. The summed E-state index contributed by atoms with van der Waals surface area (Å²) in [6.45, 7) is 1.72. The standard InChI is InChI=1S/C18H18F2N4O/c19-14-5-4-12(8-15(14)20)9-23-6-7-24(10-17(23)25)18-13-2-1-3-16(13)21-11-22-18/h4-5,8,11H,1-3,6-7,9-10H2. The molecular formula is C18H18F2N4O. The number of nitrogens with zero attached hydrogens (tertiary/aromatic N) is 4. The lowest BCUT2D eigenvalue weighted by atomic mass is 10.1. The van der Waals surface area contributed by atoms with Gasteiger partial charge in [-0.25, -0.2) is 18.7 Å². The molecule has 0 N–H and O–H groups in total. The average molecular weight is 344 g/mol. The topological polar surface area (TPSA) is 49.3 Å². The number of hydrogen-bond donors (Lipinski definition) is 0. The van der Waals surface area contributed by atoms with Gasteiger partial charge in [-0.2, -0.15) is 0 Å². The van der Waals surface area contributed by atoms with Crippen LogP contribution in [-0.4, -0.2) is 40.4 Å². The number of amides is 1. The molecule has 0 atom stereocenters. The maximum Gasteiger partial charge on any atom is 0.242 e. The zero-order valence-electron chi connectivity index (χ0n) is 13.7. The summed E-state index contributed by atoms with van der Waals surface area (Å²) in [5.41, 5.74) is 2.83. The van der Waals surface area contributed by atoms with E-state index in [9.17, 15) is 13.6 Å². The number of hydrogen-bond acceptors (Lipinski definition) is 4. The van der Waals surface area contributed by atoms with Crippen LogP contribution in [-0.2, 0) is 24.2 Å². The molecule has 1 aliphatic heterocycles. The molecular weight excluding hydrogens is 326 g/mol. The van der Waals surface area contributed by atoms with Gasteiger partial charge in [0.2, 0.25) is 5.91 Å². The van der Waals surface area contributed by atoms with Crippen molar-refractivity contribution in [1.82, 2.24) is 14.9 Å². The lowest BCUT2D eigenvalue weighted by molar-refractivity contribution is -0.131. The molecule has 5 nitrogen and oxygen atoms in total. The van der Waals surface area contributed by atoms with Crippen molar-refractivity contribution in [3.8, 4) is 0 Å². The molecule has 130 valence electrons. The van der Waals surface area contributed by atoms with Crippen LogP contribution in [0.5, 0.6) is 0 Å². The number of fused-ring (bicyclic) bond motifs is 1. The molecule has 1 fully saturated rings. The first-order valence-corrected chi connectivity index (χ1v) is 8.41. The molecule has 2 aromatic rings. The van der Waals surface area contributed by atoms with E-state index in [1.165, 1.54) is 6.07 Å². The molecule has 7 heteroatoms. The highest BCUT2D eigenvalue weighted by molar-refractivity contribution is 5.82. The molecule has 0 radical (unpaired) electrons. The molecule has 1 aromatic heterocycles. The smallest absolute Gasteiger partial charge is 0.242 e. The summed E-state index contributed by atoms with van der Waals surface area (Å²) in [4.78, 5) is 24.9. The van der Waals surface area contributed by atoms with Gasteiger partial charge in [-0.3, -0.25) is 4.79 Å². The van der Waals surface area contributed by atoms with Gasteiger partial charge in [0.05, 0.1) is 6.54 Å². The van der Waals surface area contributed by atoms with E-state index < -0.39 is 11.6 Å². The number of carbonyl (C=O) groups is 1. The van der Waals surface area contributed by atoms with E-state index in [-0.39, 0.29) is 19.0 Å². The monoisotopic (exact) mass is 344 g/mol. The number of benzene rings is 1. The first-order valence-electron chi connectivity index (χ1n) is 8.41. The molecule has 0 unspecified atom stereocenters. The predicted molar refractivity (Wildman–Crippen MR) is 88.0 cm³/mol. The summed E-state index contributed by atoms with van der Waals surface area (Å²) in [7, 11) is 0. The Kier molecular flexibility index (Phi) is 4.07. The van der Waals surface area contributed by atoms with Crippen molar-refractivity contribution >= 4 is 11.7 Å². The molecule has 2 heterocycles. The van der Waals surface area contributed by atoms with Gasteiger partial charge in [0.15, 0.2) is 11.6 Å². The Morgan fingerprint density at radius 2 is 1.96 bits per heavy atom. The van der Waals surface area contributed by atoms with Gasteiger partial charge in [-0.15, -0.1) is 0 Å². The summed E-state index contributed by atoms with van der Waals surface area (Å²) in [5, 5.41) is 0. The zero-order chi connectivity index (χ0) is 17.4. The van der Waals surface area contributed by atoms with Crippen molar-refractivity contribution in [2.45, 2.75) is 25.8 Å². The van der Waals surface area contributed by atoms with Gasteiger partial charge in [-0.05, 0) is 37.0 Å². The number of carbonyl (C=O) groups excluding carboxylic acids is 1. The Labute approximate surface area is 144 Å². The number of piperazine rings is 1. The van der Waals surface area contributed by atoms with E-state index in [4.69, 9.17) is 0 Å². The highest BCUT2D eigenvalue weighted by Gasteiger charge is 2.28. The molecule has 1 aromatic carbocycles. The van der Waals surface area contributed by atoms with Gasteiger partial charge in [0.25, 0.3) is 0 Å². The molecule has 2 aliphatic rings. The summed E-state index contributed by atoms with van der Waals surface area (Å²) < 4.78 is 26.4. The SMILES string of the molecule is O=C1CN(c2ncnc3c2CCC3)CCN1Cc1ccc(F)c(F)c1. The van der Waals surface area contributed by atoms with Gasteiger partial charge >= 0.3 is 0 Å². The van der Waals surface area contributed by atoms with E-state index in [0.29, 0.717) is 18.7 Å². The Morgan fingerprint density at radius 3 is 2.76 bits per heavy atom. The second-order valence-corrected chi connectivity index (χ2v) is 6.46. The van der Waals surface area contributed by atoms with Crippen LogP contribution in [0, 0.1) is 11.6 Å². The Balaban J connectivity index is 1.47. The summed E-state index contributed by atoms with van der Waals surface area (Å²) in [5.74, 6) is -0.942. The second kappa shape index (κ2) is 6.38. The molecule has 0 spiro atoms. The number of aromatic nitrogens is 2. The van der Waals surface area contributed by atoms with Crippen molar-refractivity contribution in [2.75, 3.05) is 24.5 Å². The normalized spacial score (nSPS) is 17.1. The van der Waals surface area contributed by atoms with Crippen LogP contribution in [0.15, 0.2) is 24.5 Å². The molecule has 4 rings (SSSR count). The first kappa shape index (κ1) is 15.9. The maximum atomic E-state index is 13.3. The van der Waals surface area contributed by atoms with Crippen LogP contribution in [0.25, 0.3) is 0 Å². The Morgan fingerprint density at radius 1 is 1.08 bits per heavy atom. The van der Waals surface area contributed by atoms with Gasteiger partial charge < -0.3 is 9.80 Å². The summed E-state index contributed by atoms with van der Waals surface area (Å²) in [6.07, 6.45) is 4.56. The number of rotatable bonds is 3. The van der Waals surface area contributed by atoms with Crippen molar-refractivity contribution in [3.05, 3.63) is 53.0 Å². The third kappa shape index (κ3) is 3.06. The van der Waals surface area contributed by atoms with Crippen molar-refractivity contribution in [2.24, 2.45) is 0 Å². The highest BCUT2D eigenvalue weighted by Crippen LogP contribution is 2.28. The quantitative estimate of drug-likeness (QED) is 0.856. The molecule has 1 saturated heterocycles. The van der Waals surface area contributed by atoms with E-state index >= 15 is 0 Å². The van der Waals surface area contributed by atoms with Crippen LogP contribution in [0.1, 0.15) is 23.2 Å². The zero-order valence-corrected chi connectivity index (χ0v) is 13.7. The molecule has 0 saturated carbocycles. The summed E-state index contributed by atoms with van der Waals surface area (Å²) in [6, 6.07) is 3.75. The lowest BCUT2D eigenvalue weighted by Gasteiger charge is -2.35. The fourth-order valence-corrected chi connectivity index (χ4v) is 3.53. The van der Waals surface area contributed by atoms with E-state index in [1.54, 1.807) is 11.2 Å². The fourth-order valence-electron chi connectivity index (χ4n) is 3.53. The first-order chi connectivity index (χ1) is 12.1. The summed E-state index contributed by atoms with van der Waals surface area (Å²) >= 11 is 0. The number of aryl methyl sites for hydroxylation is 1. The third-order valence-corrected chi connectivity index (χ3v) is 4.83. The van der Waals surface area contributed by atoms with E-state index in [2.05, 4.69) is 9.97 Å². The van der Waals surface area contributed by atoms with Gasteiger partial charge in [-0.1, -0.05) is 6.07 Å². The van der Waals surface area contributed by atoms with Crippen molar-refractivity contribution in [3.63, 3.8) is 0 Å². The molecule has 1 amide bonds. The molecule has 0 bridgehead atoms.